The van der Waals surface area contributed by atoms with Crippen LogP contribution in [0.3, 0.4) is 0 Å². The second-order valence-corrected chi connectivity index (χ2v) is 7.60. The summed E-state index contributed by atoms with van der Waals surface area (Å²) in [5, 5.41) is 3.22. The van der Waals surface area contributed by atoms with Crippen molar-refractivity contribution in [2.45, 2.75) is 19.9 Å². The van der Waals surface area contributed by atoms with Gasteiger partial charge in [0.05, 0.1) is 14.2 Å². The Hall–Kier alpha value is -4.07. The van der Waals surface area contributed by atoms with E-state index in [1.165, 1.54) is 0 Å². The van der Waals surface area contributed by atoms with E-state index >= 15 is 0 Å². The summed E-state index contributed by atoms with van der Waals surface area (Å²) in [6.45, 7) is 2.89. The lowest BCUT2D eigenvalue weighted by Crippen LogP contribution is -2.54. The standard InChI is InChI=1S/C25H25N3O5/c1-4-27-15-17(18-7-5-6-8-20(18)27)14-19-23(29)26-25(31)28(24(19)30)12-11-16-9-10-21(32-2)22(13-16)33-3/h5-10,13-15H,4,11-12H2,1-3H3,(H,26,29,31)/b19-14+. The van der Waals surface area contributed by atoms with E-state index < -0.39 is 17.8 Å². The molecule has 0 aliphatic carbocycles. The van der Waals surface area contributed by atoms with Gasteiger partial charge in [0.2, 0.25) is 0 Å². The molecule has 0 spiro atoms. The van der Waals surface area contributed by atoms with Crippen molar-refractivity contribution in [2.24, 2.45) is 0 Å². The first-order valence-electron chi connectivity index (χ1n) is 10.6. The molecule has 1 aliphatic rings. The first-order chi connectivity index (χ1) is 16.0. The van der Waals surface area contributed by atoms with Crippen molar-refractivity contribution < 1.29 is 23.9 Å². The topological polar surface area (TPSA) is 89.9 Å². The number of nitrogens with one attached hydrogen (secondary N) is 1. The van der Waals surface area contributed by atoms with Gasteiger partial charge >= 0.3 is 6.03 Å². The van der Waals surface area contributed by atoms with Gasteiger partial charge in [-0.25, -0.2) is 4.79 Å². The van der Waals surface area contributed by atoms with E-state index in [1.54, 1.807) is 32.4 Å². The summed E-state index contributed by atoms with van der Waals surface area (Å²) < 4.78 is 12.6. The molecule has 1 N–H and O–H groups in total. The third kappa shape index (κ3) is 4.19. The number of para-hydroxylation sites is 1. The van der Waals surface area contributed by atoms with Crippen LogP contribution in [0.5, 0.6) is 11.5 Å². The first-order valence-corrected chi connectivity index (χ1v) is 10.6. The number of aryl methyl sites for hydroxylation is 1. The quantitative estimate of drug-likeness (QED) is 0.443. The Morgan fingerprint density at radius 1 is 1.00 bits per heavy atom. The summed E-state index contributed by atoms with van der Waals surface area (Å²) in [4.78, 5) is 39.1. The first kappa shape index (κ1) is 22.1. The largest absolute Gasteiger partial charge is 0.493 e. The number of methoxy groups -OCH3 is 2. The molecule has 2 aromatic carbocycles. The Morgan fingerprint density at radius 3 is 2.48 bits per heavy atom. The molecule has 3 aromatic rings. The fraction of sp³-hybridized carbons (Fsp3) is 0.240. The van der Waals surface area contributed by atoms with Gasteiger partial charge in [-0.15, -0.1) is 0 Å². The van der Waals surface area contributed by atoms with Crippen LogP contribution in [0.1, 0.15) is 18.1 Å². The number of carbonyl (C=O) groups is 3. The highest BCUT2D eigenvalue weighted by Gasteiger charge is 2.35. The van der Waals surface area contributed by atoms with Crippen LogP contribution in [-0.4, -0.2) is 48.1 Å². The highest BCUT2D eigenvalue weighted by molar-refractivity contribution is 6.31. The SMILES string of the molecule is CCn1cc(/C=C2\C(=O)NC(=O)N(CCc3ccc(OC)c(OC)c3)C2=O)c2ccccc21. The second kappa shape index (κ2) is 9.20. The average Bonchev–Trinajstić information content (AvgIpc) is 3.19. The molecule has 8 heteroatoms. The summed E-state index contributed by atoms with van der Waals surface area (Å²) in [5.41, 5.74) is 2.56. The number of ether oxygens (including phenoxy) is 2. The molecule has 4 amide bonds. The molecule has 0 saturated carbocycles. The number of amides is 4. The Balaban J connectivity index is 1.60. The minimum absolute atomic E-state index is 0.0686. The van der Waals surface area contributed by atoms with E-state index in [0.717, 1.165) is 33.5 Å². The van der Waals surface area contributed by atoms with E-state index in [2.05, 4.69) is 5.32 Å². The van der Waals surface area contributed by atoms with Crippen molar-refractivity contribution in [1.29, 1.82) is 0 Å². The molecular weight excluding hydrogens is 422 g/mol. The van der Waals surface area contributed by atoms with Crippen molar-refractivity contribution in [1.82, 2.24) is 14.8 Å². The van der Waals surface area contributed by atoms with Gasteiger partial charge in [0.25, 0.3) is 11.8 Å². The highest BCUT2D eigenvalue weighted by atomic mass is 16.5. The van der Waals surface area contributed by atoms with Crippen LogP contribution in [0.4, 0.5) is 4.79 Å². The third-order valence-electron chi connectivity index (χ3n) is 5.72. The van der Waals surface area contributed by atoms with Crippen molar-refractivity contribution in [2.75, 3.05) is 20.8 Å². The van der Waals surface area contributed by atoms with Crippen LogP contribution >= 0.6 is 0 Å². The van der Waals surface area contributed by atoms with Crippen LogP contribution < -0.4 is 14.8 Å². The van der Waals surface area contributed by atoms with Crippen molar-refractivity contribution in [3.05, 3.63) is 65.4 Å². The number of hydrogen-bond donors (Lipinski definition) is 1. The molecule has 170 valence electrons. The number of carbonyl (C=O) groups excluding carboxylic acids is 3. The number of aromatic nitrogens is 1. The number of barbiturate groups is 1. The second-order valence-electron chi connectivity index (χ2n) is 7.60. The van der Waals surface area contributed by atoms with Gasteiger partial charge in [0.15, 0.2) is 11.5 Å². The van der Waals surface area contributed by atoms with Gasteiger partial charge in [0, 0.05) is 35.8 Å². The molecule has 33 heavy (non-hydrogen) atoms. The zero-order valence-corrected chi connectivity index (χ0v) is 18.8. The van der Waals surface area contributed by atoms with Gasteiger partial charge in [-0.1, -0.05) is 24.3 Å². The maximum absolute atomic E-state index is 13.1. The summed E-state index contributed by atoms with van der Waals surface area (Å²) in [6.07, 6.45) is 3.86. The summed E-state index contributed by atoms with van der Waals surface area (Å²) in [5.74, 6) is -0.152. The van der Waals surface area contributed by atoms with E-state index in [9.17, 15) is 14.4 Å². The number of nitrogens with zero attached hydrogens (tertiary/aromatic N) is 2. The Labute approximate surface area is 191 Å². The number of urea groups is 1. The van der Waals surface area contributed by atoms with Gasteiger partial charge in [-0.2, -0.15) is 0 Å². The van der Waals surface area contributed by atoms with E-state index in [-0.39, 0.29) is 12.1 Å². The number of rotatable bonds is 7. The number of benzene rings is 2. The predicted molar refractivity (Wildman–Crippen MR) is 124 cm³/mol. The highest BCUT2D eigenvalue weighted by Crippen LogP contribution is 2.28. The molecule has 2 heterocycles. The molecule has 4 rings (SSSR count). The molecule has 0 bridgehead atoms. The maximum atomic E-state index is 13.1. The molecule has 0 unspecified atom stereocenters. The Morgan fingerprint density at radius 2 is 1.76 bits per heavy atom. The van der Waals surface area contributed by atoms with E-state index in [1.807, 2.05) is 48.0 Å². The van der Waals surface area contributed by atoms with E-state index in [0.29, 0.717) is 17.9 Å². The smallest absolute Gasteiger partial charge is 0.331 e. The minimum atomic E-state index is -0.724. The van der Waals surface area contributed by atoms with E-state index in [4.69, 9.17) is 9.47 Å². The molecule has 1 aliphatic heterocycles. The Bertz CT molecular complexity index is 1270. The molecule has 1 saturated heterocycles. The van der Waals surface area contributed by atoms with Crippen molar-refractivity contribution in [3.8, 4) is 11.5 Å². The fourth-order valence-electron chi connectivity index (χ4n) is 3.98. The van der Waals surface area contributed by atoms with Crippen molar-refractivity contribution >= 4 is 34.8 Å². The molecule has 1 fully saturated rings. The fourth-order valence-corrected chi connectivity index (χ4v) is 3.98. The van der Waals surface area contributed by atoms with Crippen LogP contribution in [0.2, 0.25) is 0 Å². The van der Waals surface area contributed by atoms with Crippen LogP contribution in [0, 0.1) is 0 Å². The maximum Gasteiger partial charge on any atom is 0.331 e. The third-order valence-corrected chi connectivity index (χ3v) is 5.72. The zero-order chi connectivity index (χ0) is 23.5. The van der Waals surface area contributed by atoms with Crippen LogP contribution in [-0.2, 0) is 22.6 Å². The zero-order valence-electron chi connectivity index (χ0n) is 18.8. The molecule has 1 aromatic heterocycles. The molecule has 0 atom stereocenters. The predicted octanol–water partition coefficient (Wildman–Crippen LogP) is 3.38. The number of imide groups is 2. The normalized spacial score (nSPS) is 15.3. The number of fused-ring (bicyclic) bond motifs is 1. The summed E-state index contributed by atoms with van der Waals surface area (Å²) >= 11 is 0. The molecule has 0 radical (unpaired) electrons. The van der Waals surface area contributed by atoms with Gasteiger partial charge in [-0.3, -0.25) is 19.8 Å². The van der Waals surface area contributed by atoms with Crippen LogP contribution in [0.25, 0.3) is 17.0 Å². The van der Waals surface area contributed by atoms with Gasteiger partial charge in [0.1, 0.15) is 5.57 Å². The lowest BCUT2D eigenvalue weighted by Gasteiger charge is -2.26. The summed E-state index contributed by atoms with van der Waals surface area (Å²) in [6, 6.07) is 12.5. The lowest BCUT2D eigenvalue weighted by molar-refractivity contribution is -0.130. The van der Waals surface area contributed by atoms with Crippen molar-refractivity contribution in [3.63, 3.8) is 0 Å². The molecule has 8 nitrogen and oxygen atoms in total. The summed E-state index contributed by atoms with van der Waals surface area (Å²) in [7, 11) is 3.10. The monoisotopic (exact) mass is 447 g/mol. The average molecular weight is 447 g/mol. The lowest BCUT2D eigenvalue weighted by atomic mass is 10.1. The minimum Gasteiger partial charge on any atom is -0.493 e. The molecular formula is C25H25N3O5. The van der Waals surface area contributed by atoms with Crippen LogP contribution in [0.15, 0.2) is 54.2 Å². The number of hydrogen-bond acceptors (Lipinski definition) is 5. The van der Waals surface area contributed by atoms with Gasteiger partial charge in [-0.05, 0) is 43.2 Å². The Kier molecular flexibility index (Phi) is 6.17. The van der Waals surface area contributed by atoms with Gasteiger partial charge < -0.3 is 14.0 Å².